The molecule has 6 nitrogen and oxygen atoms in total. The van der Waals surface area contributed by atoms with Gasteiger partial charge in [0.25, 0.3) is 0 Å². The molecule has 0 spiro atoms. The first-order valence-electron chi connectivity index (χ1n) is 9.44. The van der Waals surface area contributed by atoms with E-state index in [1.807, 2.05) is 36.4 Å². The zero-order valence-electron chi connectivity index (χ0n) is 16.2. The van der Waals surface area contributed by atoms with Crippen LogP contribution in [0, 0.1) is 0 Å². The van der Waals surface area contributed by atoms with E-state index >= 15 is 0 Å². The number of nitrogens with zero attached hydrogens (tertiary/aromatic N) is 3. The zero-order valence-corrected chi connectivity index (χ0v) is 16.2. The number of ether oxygens (including phenoxy) is 1. The number of rotatable bonds is 10. The van der Waals surface area contributed by atoms with E-state index in [1.54, 1.807) is 13.4 Å². The van der Waals surface area contributed by atoms with Crippen LogP contribution in [0.3, 0.4) is 0 Å². The standard InChI is InChI=1S/C22H27N5O/c1-28-14-8-13-24-21-20(23)22(26-17-25-21)27(15-18-9-4-2-5-10-18)16-19-11-6-3-7-12-19/h2-7,9-12,17H,8,13-16,23H2,1H3,(H,24,25,26). The highest BCUT2D eigenvalue weighted by Crippen LogP contribution is 2.28. The molecule has 0 aliphatic heterocycles. The van der Waals surface area contributed by atoms with Gasteiger partial charge in [0, 0.05) is 33.4 Å². The Hall–Kier alpha value is -3.12. The molecule has 0 saturated heterocycles. The molecule has 1 aromatic heterocycles. The average molecular weight is 377 g/mol. The number of methoxy groups -OCH3 is 1. The minimum atomic E-state index is 0.562. The predicted molar refractivity (Wildman–Crippen MR) is 114 cm³/mol. The third kappa shape index (κ3) is 5.44. The van der Waals surface area contributed by atoms with Crippen molar-refractivity contribution < 1.29 is 4.74 Å². The second-order valence-corrected chi connectivity index (χ2v) is 6.56. The summed E-state index contributed by atoms with van der Waals surface area (Å²) in [5, 5.41) is 3.29. The monoisotopic (exact) mass is 377 g/mol. The topological polar surface area (TPSA) is 76.3 Å². The lowest BCUT2D eigenvalue weighted by molar-refractivity contribution is 0.198. The van der Waals surface area contributed by atoms with Gasteiger partial charge in [-0.1, -0.05) is 60.7 Å². The lowest BCUT2D eigenvalue weighted by Crippen LogP contribution is -2.25. The number of nitrogens with two attached hydrogens (primary N) is 1. The van der Waals surface area contributed by atoms with Crippen molar-refractivity contribution in [2.24, 2.45) is 0 Å². The number of hydrogen-bond acceptors (Lipinski definition) is 6. The van der Waals surface area contributed by atoms with Crippen LogP contribution in [-0.2, 0) is 17.8 Å². The first-order chi connectivity index (χ1) is 13.8. The van der Waals surface area contributed by atoms with Crippen molar-refractivity contribution >= 4 is 17.3 Å². The molecule has 0 bridgehead atoms. The first kappa shape index (κ1) is 19.6. The van der Waals surface area contributed by atoms with Gasteiger partial charge in [-0.25, -0.2) is 9.97 Å². The maximum atomic E-state index is 6.45. The van der Waals surface area contributed by atoms with Gasteiger partial charge in [0.05, 0.1) is 0 Å². The summed E-state index contributed by atoms with van der Waals surface area (Å²) in [6.45, 7) is 2.85. The molecular weight excluding hydrogens is 350 g/mol. The molecule has 0 aliphatic carbocycles. The smallest absolute Gasteiger partial charge is 0.158 e. The van der Waals surface area contributed by atoms with Crippen LogP contribution in [0.15, 0.2) is 67.0 Å². The van der Waals surface area contributed by atoms with Crippen LogP contribution in [0.25, 0.3) is 0 Å². The van der Waals surface area contributed by atoms with E-state index in [-0.39, 0.29) is 0 Å². The highest BCUT2D eigenvalue weighted by Gasteiger charge is 2.16. The molecule has 0 saturated carbocycles. The molecule has 0 fully saturated rings. The summed E-state index contributed by atoms with van der Waals surface area (Å²) in [5.41, 5.74) is 9.41. The van der Waals surface area contributed by atoms with E-state index in [4.69, 9.17) is 10.5 Å². The second-order valence-electron chi connectivity index (χ2n) is 6.56. The molecule has 28 heavy (non-hydrogen) atoms. The second kappa shape index (κ2) is 10.3. The van der Waals surface area contributed by atoms with Crippen LogP contribution in [0.1, 0.15) is 17.5 Å². The Morgan fingerprint density at radius 1 is 0.929 bits per heavy atom. The highest BCUT2D eigenvalue weighted by molar-refractivity contribution is 5.75. The van der Waals surface area contributed by atoms with E-state index in [0.717, 1.165) is 18.8 Å². The summed E-state index contributed by atoms with van der Waals surface area (Å²) in [4.78, 5) is 11.0. The van der Waals surface area contributed by atoms with Crippen molar-refractivity contribution in [3.05, 3.63) is 78.1 Å². The van der Waals surface area contributed by atoms with Gasteiger partial charge in [-0.2, -0.15) is 0 Å². The van der Waals surface area contributed by atoms with Crippen molar-refractivity contribution in [2.75, 3.05) is 36.2 Å². The SMILES string of the molecule is COCCCNc1ncnc(N(Cc2ccccc2)Cc2ccccc2)c1N. The Bertz CT molecular complexity index is 801. The van der Waals surface area contributed by atoms with E-state index in [9.17, 15) is 0 Å². The maximum absolute atomic E-state index is 6.45. The molecular formula is C22H27N5O. The lowest BCUT2D eigenvalue weighted by Gasteiger charge is -2.26. The predicted octanol–water partition coefficient (Wildman–Crippen LogP) is 3.71. The Morgan fingerprint density at radius 2 is 1.54 bits per heavy atom. The average Bonchev–Trinajstić information content (AvgIpc) is 2.73. The van der Waals surface area contributed by atoms with Gasteiger partial charge >= 0.3 is 0 Å². The van der Waals surface area contributed by atoms with E-state index < -0.39 is 0 Å². The van der Waals surface area contributed by atoms with Crippen molar-refractivity contribution in [1.29, 1.82) is 0 Å². The van der Waals surface area contributed by atoms with Crippen molar-refractivity contribution in [3.8, 4) is 0 Å². The van der Waals surface area contributed by atoms with E-state index in [0.29, 0.717) is 31.2 Å². The van der Waals surface area contributed by atoms with Gasteiger partial charge in [-0.3, -0.25) is 0 Å². The molecule has 3 aromatic rings. The van der Waals surface area contributed by atoms with Gasteiger partial charge in [0.15, 0.2) is 11.6 Å². The number of nitrogen functional groups attached to an aromatic ring is 1. The Morgan fingerprint density at radius 3 is 2.11 bits per heavy atom. The van der Waals surface area contributed by atoms with Gasteiger partial charge in [-0.05, 0) is 17.5 Å². The summed E-state index contributed by atoms with van der Waals surface area (Å²) in [7, 11) is 1.70. The molecule has 1 heterocycles. The summed E-state index contributed by atoms with van der Waals surface area (Å²) < 4.78 is 5.09. The van der Waals surface area contributed by atoms with Gasteiger partial charge < -0.3 is 20.7 Å². The Kier molecular flexibility index (Phi) is 7.21. The van der Waals surface area contributed by atoms with Crippen LogP contribution in [0.2, 0.25) is 0 Å². The van der Waals surface area contributed by atoms with Crippen LogP contribution in [0.4, 0.5) is 17.3 Å². The zero-order chi connectivity index (χ0) is 19.6. The van der Waals surface area contributed by atoms with Crippen LogP contribution >= 0.6 is 0 Å². The van der Waals surface area contributed by atoms with Gasteiger partial charge in [-0.15, -0.1) is 0 Å². The van der Waals surface area contributed by atoms with E-state index in [2.05, 4.69) is 44.5 Å². The van der Waals surface area contributed by atoms with Crippen molar-refractivity contribution in [3.63, 3.8) is 0 Å². The first-order valence-corrected chi connectivity index (χ1v) is 9.44. The largest absolute Gasteiger partial charge is 0.393 e. The lowest BCUT2D eigenvalue weighted by atomic mass is 10.1. The molecule has 0 aliphatic rings. The summed E-state index contributed by atoms with van der Waals surface area (Å²) in [6, 6.07) is 20.7. The number of benzene rings is 2. The minimum absolute atomic E-state index is 0.562. The molecule has 2 aromatic carbocycles. The van der Waals surface area contributed by atoms with Crippen molar-refractivity contribution in [2.45, 2.75) is 19.5 Å². The number of hydrogen-bond donors (Lipinski definition) is 2. The number of aromatic nitrogens is 2. The molecule has 3 rings (SSSR count). The molecule has 0 atom stereocenters. The Labute approximate surface area is 166 Å². The summed E-state index contributed by atoms with van der Waals surface area (Å²) in [5.74, 6) is 1.39. The molecule has 0 unspecified atom stereocenters. The number of anilines is 3. The maximum Gasteiger partial charge on any atom is 0.158 e. The minimum Gasteiger partial charge on any atom is -0.393 e. The highest BCUT2D eigenvalue weighted by atomic mass is 16.5. The fourth-order valence-electron chi connectivity index (χ4n) is 3.02. The number of nitrogens with one attached hydrogen (secondary N) is 1. The molecule has 0 amide bonds. The normalized spacial score (nSPS) is 10.6. The van der Waals surface area contributed by atoms with Gasteiger partial charge in [0.2, 0.25) is 0 Å². The van der Waals surface area contributed by atoms with Crippen molar-refractivity contribution in [1.82, 2.24) is 9.97 Å². The van der Waals surface area contributed by atoms with Gasteiger partial charge in [0.1, 0.15) is 12.0 Å². The fourth-order valence-corrected chi connectivity index (χ4v) is 3.02. The fraction of sp³-hybridized carbons (Fsp3) is 0.273. The Balaban J connectivity index is 1.84. The molecule has 146 valence electrons. The summed E-state index contributed by atoms with van der Waals surface area (Å²) >= 11 is 0. The molecule has 3 N–H and O–H groups in total. The quantitative estimate of drug-likeness (QED) is 0.525. The van der Waals surface area contributed by atoms with Crippen LogP contribution in [0.5, 0.6) is 0 Å². The van der Waals surface area contributed by atoms with Crippen LogP contribution < -0.4 is 16.0 Å². The summed E-state index contributed by atoms with van der Waals surface area (Å²) in [6.07, 6.45) is 2.44. The third-order valence-corrected chi connectivity index (χ3v) is 4.41. The van der Waals surface area contributed by atoms with Crippen LogP contribution in [-0.4, -0.2) is 30.2 Å². The molecule has 6 heteroatoms. The third-order valence-electron chi connectivity index (χ3n) is 4.41. The molecule has 0 radical (unpaired) electrons. The van der Waals surface area contributed by atoms with E-state index in [1.165, 1.54) is 11.1 Å².